The third-order valence-corrected chi connectivity index (χ3v) is 2.39. The summed E-state index contributed by atoms with van der Waals surface area (Å²) in [6.45, 7) is 1.90. The Hall–Kier alpha value is -2.09. The summed E-state index contributed by atoms with van der Waals surface area (Å²) >= 11 is 0. The van der Waals surface area contributed by atoms with Crippen molar-refractivity contribution in [3.8, 4) is 12.3 Å². The van der Waals surface area contributed by atoms with E-state index in [-0.39, 0.29) is 0 Å². The highest BCUT2D eigenvalue weighted by Crippen LogP contribution is 2.17. The summed E-state index contributed by atoms with van der Waals surface area (Å²) in [5.41, 5.74) is 4.40. The minimum absolute atomic E-state index is 0.409. The van der Waals surface area contributed by atoms with Crippen LogP contribution in [0.3, 0.4) is 0 Å². The van der Waals surface area contributed by atoms with Gasteiger partial charge in [0.05, 0.1) is 17.3 Å². The first-order chi connectivity index (χ1) is 8.49. The second kappa shape index (κ2) is 6.01. The summed E-state index contributed by atoms with van der Waals surface area (Å²) in [6.07, 6.45) is 6.56. The molecule has 0 saturated carbocycles. The Morgan fingerprint density at radius 2 is 2.22 bits per heavy atom. The van der Waals surface area contributed by atoms with Gasteiger partial charge in [-0.25, -0.2) is 8.78 Å². The van der Waals surface area contributed by atoms with Crippen LogP contribution in [0.25, 0.3) is 0 Å². The average Bonchev–Trinajstić information content (AvgIpc) is 2.32. The summed E-state index contributed by atoms with van der Waals surface area (Å²) in [5.74, 6) is -0.110. The van der Waals surface area contributed by atoms with Gasteiger partial charge in [0.25, 0.3) is 5.91 Å². The highest BCUT2D eigenvalue weighted by molar-refractivity contribution is 5.95. The van der Waals surface area contributed by atoms with Gasteiger partial charge in [0.15, 0.2) is 5.82 Å². The molecule has 1 rings (SSSR count). The second-order valence-corrected chi connectivity index (χ2v) is 3.84. The quantitative estimate of drug-likeness (QED) is 0.636. The summed E-state index contributed by atoms with van der Waals surface area (Å²) in [4.78, 5) is 11.7. The van der Waals surface area contributed by atoms with Gasteiger partial charge >= 0.3 is 0 Å². The first kappa shape index (κ1) is 14.0. The maximum Gasteiger partial charge on any atom is 0.255 e. The van der Waals surface area contributed by atoms with E-state index in [0.717, 1.165) is 18.6 Å². The minimum atomic E-state index is -0.943. The minimum Gasteiger partial charge on any atom is -0.396 e. The number of nitrogens with one attached hydrogen (secondary N) is 1. The molecule has 0 aromatic heterocycles. The van der Waals surface area contributed by atoms with Gasteiger partial charge in [0.2, 0.25) is 0 Å². The summed E-state index contributed by atoms with van der Waals surface area (Å²) in [6, 6.07) is 1.10. The van der Waals surface area contributed by atoms with Gasteiger partial charge < -0.3 is 11.1 Å². The van der Waals surface area contributed by atoms with E-state index in [1.54, 1.807) is 0 Å². The van der Waals surface area contributed by atoms with Crippen molar-refractivity contribution >= 4 is 11.6 Å². The third kappa shape index (κ3) is 3.20. The molecule has 0 aliphatic rings. The summed E-state index contributed by atoms with van der Waals surface area (Å²) in [5, 5.41) is 2.44. The van der Waals surface area contributed by atoms with Crippen LogP contribution < -0.4 is 11.1 Å². The lowest BCUT2D eigenvalue weighted by Gasteiger charge is -2.13. The van der Waals surface area contributed by atoms with E-state index in [1.807, 2.05) is 6.92 Å². The fourth-order valence-electron chi connectivity index (χ4n) is 1.50. The molecule has 1 aromatic carbocycles. The smallest absolute Gasteiger partial charge is 0.255 e. The fraction of sp³-hybridized carbons (Fsp3) is 0.308. The SMILES string of the molecule is C#CC(CCC)NC(=O)c1cc(F)cc(N)c1F. The van der Waals surface area contributed by atoms with E-state index in [0.29, 0.717) is 6.42 Å². The molecular formula is C13H14F2N2O. The van der Waals surface area contributed by atoms with Crippen LogP contribution in [-0.4, -0.2) is 11.9 Å². The van der Waals surface area contributed by atoms with E-state index < -0.39 is 34.8 Å². The Bertz CT molecular complexity index is 494. The Morgan fingerprint density at radius 1 is 1.56 bits per heavy atom. The second-order valence-electron chi connectivity index (χ2n) is 3.84. The molecule has 1 amide bonds. The number of halogens is 2. The van der Waals surface area contributed by atoms with Crippen molar-refractivity contribution in [1.29, 1.82) is 0 Å². The van der Waals surface area contributed by atoms with E-state index >= 15 is 0 Å². The molecule has 0 radical (unpaired) electrons. The Balaban J connectivity index is 2.94. The number of carbonyl (C=O) groups excluding carboxylic acids is 1. The lowest BCUT2D eigenvalue weighted by atomic mass is 10.1. The Kier molecular flexibility index (Phi) is 4.67. The molecule has 5 heteroatoms. The van der Waals surface area contributed by atoms with Crippen LogP contribution in [0.15, 0.2) is 12.1 Å². The van der Waals surface area contributed by atoms with Crippen molar-refractivity contribution in [2.75, 3.05) is 5.73 Å². The van der Waals surface area contributed by atoms with Gasteiger partial charge in [0.1, 0.15) is 5.82 Å². The number of hydrogen-bond acceptors (Lipinski definition) is 2. The molecule has 0 spiro atoms. The molecule has 0 aliphatic heterocycles. The predicted molar refractivity (Wildman–Crippen MR) is 65.8 cm³/mol. The van der Waals surface area contributed by atoms with Crippen LogP contribution in [0.1, 0.15) is 30.1 Å². The lowest BCUT2D eigenvalue weighted by molar-refractivity contribution is 0.0940. The zero-order valence-electron chi connectivity index (χ0n) is 9.97. The lowest BCUT2D eigenvalue weighted by Crippen LogP contribution is -2.34. The first-order valence-corrected chi connectivity index (χ1v) is 5.51. The van der Waals surface area contributed by atoms with Crippen molar-refractivity contribution < 1.29 is 13.6 Å². The van der Waals surface area contributed by atoms with Crippen LogP contribution in [-0.2, 0) is 0 Å². The fourth-order valence-corrected chi connectivity index (χ4v) is 1.50. The zero-order chi connectivity index (χ0) is 13.7. The predicted octanol–water partition coefficient (Wildman–Crippen LogP) is 2.08. The standard InChI is InChI=1S/C13H14F2N2O/c1-3-5-9(4-2)17-13(18)10-6-8(14)7-11(16)12(10)15/h2,6-7,9H,3,5,16H2,1H3,(H,17,18). The Morgan fingerprint density at radius 3 is 2.78 bits per heavy atom. The van der Waals surface area contributed by atoms with Crippen molar-refractivity contribution in [3.05, 3.63) is 29.3 Å². The molecule has 96 valence electrons. The molecule has 1 atom stereocenters. The first-order valence-electron chi connectivity index (χ1n) is 5.51. The van der Waals surface area contributed by atoms with E-state index in [4.69, 9.17) is 12.2 Å². The van der Waals surface area contributed by atoms with Crippen LogP contribution >= 0.6 is 0 Å². The summed E-state index contributed by atoms with van der Waals surface area (Å²) < 4.78 is 26.6. The van der Waals surface area contributed by atoms with Gasteiger partial charge in [-0.1, -0.05) is 19.3 Å². The van der Waals surface area contributed by atoms with Gasteiger partial charge in [-0.3, -0.25) is 4.79 Å². The number of terminal acetylenes is 1. The maximum atomic E-state index is 13.6. The average molecular weight is 252 g/mol. The van der Waals surface area contributed by atoms with Crippen molar-refractivity contribution in [3.63, 3.8) is 0 Å². The number of nitrogen functional groups attached to an aromatic ring is 1. The van der Waals surface area contributed by atoms with Crippen LogP contribution in [0, 0.1) is 24.0 Å². The highest BCUT2D eigenvalue weighted by atomic mass is 19.1. The molecule has 0 bridgehead atoms. The van der Waals surface area contributed by atoms with Crippen molar-refractivity contribution in [1.82, 2.24) is 5.32 Å². The van der Waals surface area contributed by atoms with E-state index in [1.165, 1.54) is 0 Å². The maximum absolute atomic E-state index is 13.6. The van der Waals surface area contributed by atoms with E-state index in [9.17, 15) is 13.6 Å². The number of anilines is 1. The molecule has 3 N–H and O–H groups in total. The molecule has 0 heterocycles. The normalized spacial score (nSPS) is 11.7. The van der Waals surface area contributed by atoms with E-state index in [2.05, 4.69) is 11.2 Å². The number of benzene rings is 1. The van der Waals surface area contributed by atoms with Crippen molar-refractivity contribution in [2.24, 2.45) is 0 Å². The number of carbonyl (C=O) groups is 1. The number of amides is 1. The molecule has 1 unspecified atom stereocenters. The third-order valence-electron chi connectivity index (χ3n) is 2.39. The van der Waals surface area contributed by atoms with Crippen LogP contribution in [0.4, 0.5) is 14.5 Å². The number of hydrogen-bond donors (Lipinski definition) is 2. The van der Waals surface area contributed by atoms with Crippen molar-refractivity contribution in [2.45, 2.75) is 25.8 Å². The topological polar surface area (TPSA) is 55.1 Å². The zero-order valence-corrected chi connectivity index (χ0v) is 9.97. The molecule has 3 nitrogen and oxygen atoms in total. The molecule has 0 aliphatic carbocycles. The number of nitrogens with two attached hydrogens (primary N) is 1. The van der Waals surface area contributed by atoms with Gasteiger partial charge in [-0.05, 0) is 18.6 Å². The largest absolute Gasteiger partial charge is 0.396 e. The molecule has 18 heavy (non-hydrogen) atoms. The summed E-state index contributed by atoms with van der Waals surface area (Å²) in [7, 11) is 0. The Labute approximate surface area is 104 Å². The molecule has 0 saturated heterocycles. The molecule has 1 aromatic rings. The monoisotopic (exact) mass is 252 g/mol. The van der Waals surface area contributed by atoms with Gasteiger partial charge in [-0.2, -0.15) is 0 Å². The molecular weight excluding hydrogens is 238 g/mol. The molecule has 0 fully saturated rings. The van der Waals surface area contributed by atoms with Crippen LogP contribution in [0.5, 0.6) is 0 Å². The number of rotatable bonds is 4. The van der Waals surface area contributed by atoms with Gasteiger partial charge in [-0.15, -0.1) is 6.42 Å². The van der Waals surface area contributed by atoms with Gasteiger partial charge in [0, 0.05) is 0 Å². The highest BCUT2D eigenvalue weighted by Gasteiger charge is 2.18. The van der Waals surface area contributed by atoms with Crippen LogP contribution in [0.2, 0.25) is 0 Å².